The van der Waals surface area contributed by atoms with Crippen molar-refractivity contribution in [1.29, 1.82) is 0 Å². The second-order valence-corrected chi connectivity index (χ2v) is 4.85. The fourth-order valence-corrected chi connectivity index (χ4v) is 2.07. The van der Waals surface area contributed by atoms with Crippen LogP contribution < -0.4 is 5.56 Å². The Balaban J connectivity index is 2.39. The molecule has 0 aliphatic heterocycles. The average molecular weight is 301 g/mol. The lowest BCUT2D eigenvalue weighted by atomic mass is 10.3. The van der Waals surface area contributed by atoms with E-state index in [1.54, 1.807) is 0 Å². The summed E-state index contributed by atoms with van der Waals surface area (Å²) in [6, 6.07) is 1.97. The first-order valence-corrected chi connectivity index (χ1v) is 6.79. The molecule has 2 rings (SSSR count). The Morgan fingerprint density at radius 1 is 1.26 bits per heavy atom. The summed E-state index contributed by atoms with van der Waals surface area (Å²) in [4.78, 5) is 11.9. The molecule has 0 bridgehead atoms. The summed E-state index contributed by atoms with van der Waals surface area (Å²) in [7, 11) is 0. The van der Waals surface area contributed by atoms with E-state index in [-0.39, 0.29) is 10.0 Å². The van der Waals surface area contributed by atoms with Crippen molar-refractivity contribution < 1.29 is 0 Å². The van der Waals surface area contributed by atoms with Crippen LogP contribution in [0.3, 0.4) is 0 Å². The predicted octanol–water partition coefficient (Wildman–Crippen LogP) is 2.38. The van der Waals surface area contributed by atoms with Gasteiger partial charge in [-0.2, -0.15) is 10.2 Å². The van der Waals surface area contributed by atoms with Gasteiger partial charge in [-0.3, -0.25) is 9.48 Å². The van der Waals surface area contributed by atoms with Crippen molar-refractivity contribution >= 4 is 23.2 Å². The third kappa shape index (κ3) is 2.82. The molecule has 5 nitrogen and oxygen atoms in total. The Morgan fingerprint density at radius 3 is 2.63 bits per heavy atom. The van der Waals surface area contributed by atoms with Crippen molar-refractivity contribution in [2.45, 2.75) is 33.4 Å². The van der Waals surface area contributed by atoms with Crippen LogP contribution in [0.25, 0.3) is 0 Å². The third-order valence-corrected chi connectivity index (χ3v) is 3.58. The van der Waals surface area contributed by atoms with Gasteiger partial charge in [0.05, 0.1) is 29.2 Å². The average Bonchev–Trinajstić information content (AvgIpc) is 2.82. The molecule has 0 N–H and O–H groups in total. The van der Waals surface area contributed by atoms with E-state index in [9.17, 15) is 4.79 Å². The maximum absolute atomic E-state index is 11.9. The molecule has 2 aromatic rings. The van der Waals surface area contributed by atoms with E-state index in [0.717, 1.165) is 24.4 Å². The van der Waals surface area contributed by atoms with E-state index in [1.165, 1.54) is 10.9 Å². The molecule has 0 saturated carbocycles. The van der Waals surface area contributed by atoms with Crippen molar-refractivity contribution in [3.63, 3.8) is 0 Å². The zero-order valence-corrected chi connectivity index (χ0v) is 12.2. The van der Waals surface area contributed by atoms with Gasteiger partial charge in [-0.15, -0.1) is 0 Å². The number of hydrogen-bond acceptors (Lipinski definition) is 3. The van der Waals surface area contributed by atoms with E-state index in [2.05, 4.69) is 10.2 Å². The van der Waals surface area contributed by atoms with Gasteiger partial charge >= 0.3 is 0 Å². The van der Waals surface area contributed by atoms with Gasteiger partial charge in [0.2, 0.25) is 0 Å². The summed E-state index contributed by atoms with van der Waals surface area (Å²) < 4.78 is 3.15. The minimum Gasteiger partial charge on any atom is -0.268 e. The van der Waals surface area contributed by atoms with Crippen LogP contribution in [0.2, 0.25) is 10.0 Å². The second kappa shape index (κ2) is 5.75. The monoisotopic (exact) mass is 300 g/mol. The molecular formula is C12H14Cl2N4O. The molecule has 102 valence electrons. The van der Waals surface area contributed by atoms with E-state index >= 15 is 0 Å². The quantitative estimate of drug-likeness (QED) is 0.871. The highest BCUT2D eigenvalue weighted by molar-refractivity contribution is 6.41. The molecule has 0 saturated heterocycles. The minimum absolute atomic E-state index is 0.00468. The Bertz CT molecular complexity index is 648. The zero-order valence-electron chi connectivity index (χ0n) is 10.7. The highest BCUT2D eigenvalue weighted by Crippen LogP contribution is 2.15. The lowest BCUT2D eigenvalue weighted by Crippen LogP contribution is -2.25. The van der Waals surface area contributed by atoms with Crippen molar-refractivity contribution in [3.05, 3.63) is 44.1 Å². The fraction of sp³-hybridized carbons (Fsp3) is 0.417. The molecule has 0 aliphatic carbocycles. The standard InChI is InChI=1S/C12H14Cl2N4O/c1-3-8-5-9(17(4-2)16-8)7-18-12(19)11(14)10(13)6-15-18/h5-6H,3-4,7H2,1-2H3. The molecule has 0 spiro atoms. The third-order valence-electron chi connectivity index (χ3n) is 2.83. The first kappa shape index (κ1) is 14.1. The van der Waals surface area contributed by atoms with Crippen molar-refractivity contribution in [2.75, 3.05) is 0 Å². The predicted molar refractivity (Wildman–Crippen MR) is 74.9 cm³/mol. The maximum Gasteiger partial charge on any atom is 0.287 e. The largest absolute Gasteiger partial charge is 0.287 e. The number of aryl methyl sites for hydroxylation is 2. The summed E-state index contributed by atoms with van der Waals surface area (Å²) in [5.74, 6) is 0. The summed E-state index contributed by atoms with van der Waals surface area (Å²) in [6.45, 7) is 5.11. The Kier molecular flexibility index (Phi) is 4.27. The topological polar surface area (TPSA) is 52.7 Å². The zero-order chi connectivity index (χ0) is 14.0. The number of hydrogen-bond donors (Lipinski definition) is 0. The molecule has 0 aliphatic rings. The molecule has 2 aromatic heterocycles. The van der Waals surface area contributed by atoms with Crippen molar-refractivity contribution in [3.8, 4) is 0 Å². The summed E-state index contributed by atoms with van der Waals surface area (Å²) in [6.07, 6.45) is 2.22. The van der Waals surface area contributed by atoms with Crippen LogP contribution in [0.15, 0.2) is 17.1 Å². The summed E-state index contributed by atoms with van der Waals surface area (Å²) in [5.41, 5.74) is 1.52. The smallest absolute Gasteiger partial charge is 0.268 e. The summed E-state index contributed by atoms with van der Waals surface area (Å²) >= 11 is 11.6. The van der Waals surface area contributed by atoms with Gasteiger partial charge in [-0.25, -0.2) is 4.68 Å². The van der Waals surface area contributed by atoms with Crippen molar-refractivity contribution in [1.82, 2.24) is 19.6 Å². The van der Waals surface area contributed by atoms with Gasteiger partial charge in [0.15, 0.2) is 0 Å². The first-order valence-electron chi connectivity index (χ1n) is 6.03. The molecule has 0 aromatic carbocycles. The van der Waals surface area contributed by atoms with Gasteiger partial charge < -0.3 is 0 Å². The number of aromatic nitrogens is 4. The Labute approximate surface area is 120 Å². The van der Waals surface area contributed by atoms with Gasteiger partial charge in [-0.1, -0.05) is 30.1 Å². The highest BCUT2D eigenvalue weighted by atomic mass is 35.5. The molecule has 0 unspecified atom stereocenters. The van der Waals surface area contributed by atoms with Gasteiger partial charge in [0, 0.05) is 6.54 Å². The minimum atomic E-state index is -0.393. The van der Waals surface area contributed by atoms with Crippen LogP contribution in [0, 0.1) is 0 Å². The van der Waals surface area contributed by atoms with E-state index in [1.807, 2.05) is 24.6 Å². The molecule has 0 atom stereocenters. The van der Waals surface area contributed by atoms with E-state index < -0.39 is 5.56 Å². The van der Waals surface area contributed by atoms with Crippen LogP contribution in [0.4, 0.5) is 0 Å². The number of halogens is 2. The Hall–Kier alpha value is -1.33. The van der Waals surface area contributed by atoms with Crippen molar-refractivity contribution in [2.24, 2.45) is 0 Å². The molecular weight excluding hydrogens is 287 g/mol. The van der Waals surface area contributed by atoms with E-state index in [0.29, 0.717) is 6.54 Å². The highest BCUT2D eigenvalue weighted by Gasteiger charge is 2.11. The SMILES string of the molecule is CCc1cc(Cn2ncc(Cl)c(Cl)c2=O)n(CC)n1. The molecule has 19 heavy (non-hydrogen) atoms. The van der Waals surface area contributed by atoms with Crippen LogP contribution >= 0.6 is 23.2 Å². The normalized spacial score (nSPS) is 10.9. The molecule has 2 heterocycles. The lowest BCUT2D eigenvalue weighted by molar-refractivity contribution is 0.558. The molecule has 0 fully saturated rings. The fourth-order valence-electron chi connectivity index (χ4n) is 1.80. The second-order valence-electron chi connectivity index (χ2n) is 4.07. The van der Waals surface area contributed by atoms with Crippen LogP contribution in [0.1, 0.15) is 25.2 Å². The number of rotatable bonds is 4. The maximum atomic E-state index is 11.9. The van der Waals surface area contributed by atoms with Crippen LogP contribution in [-0.2, 0) is 19.5 Å². The number of nitrogens with zero attached hydrogens (tertiary/aromatic N) is 4. The Morgan fingerprint density at radius 2 is 2.00 bits per heavy atom. The first-order chi connectivity index (χ1) is 9.06. The molecule has 0 amide bonds. The summed E-state index contributed by atoms with van der Waals surface area (Å²) in [5, 5.41) is 8.58. The van der Waals surface area contributed by atoms with Gasteiger partial charge in [0.1, 0.15) is 5.02 Å². The van der Waals surface area contributed by atoms with Crippen LogP contribution in [0.5, 0.6) is 0 Å². The van der Waals surface area contributed by atoms with Gasteiger partial charge in [-0.05, 0) is 19.4 Å². The van der Waals surface area contributed by atoms with E-state index in [4.69, 9.17) is 23.2 Å². The molecule has 0 radical (unpaired) electrons. The van der Waals surface area contributed by atoms with Gasteiger partial charge in [0.25, 0.3) is 5.56 Å². The van der Waals surface area contributed by atoms with Crippen LogP contribution in [-0.4, -0.2) is 19.6 Å². The lowest BCUT2D eigenvalue weighted by Gasteiger charge is -2.07. The molecule has 7 heteroatoms.